The van der Waals surface area contributed by atoms with Crippen molar-refractivity contribution in [1.82, 2.24) is 0 Å². The molecule has 0 saturated carbocycles. The summed E-state index contributed by atoms with van der Waals surface area (Å²) in [7, 11) is 0. The Bertz CT molecular complexity index is 136. The van der Waals surface area contributed by atoms with Gasteiger partial charge in [-0.25, -0.2) is 4.79 Å². The zero-order valence-corrected chi connectivity index (χ0v) is 7.41. The zero-order valence-electron chi connectivity index (χ0n) is 7.41. The van der Waals surface area contributed by atoms with E-state index in [1.165, 1.54) is 12.8 Å². The van der Waals surface area contributed by atoms with Gasteiger partial charge in [0.2, 0.25) is 0 Å². The van der Waals surface area contributed by atoms with Crippen LogP contribution in [0, 0.1) is 4.91 Å². The highest BCUT2D eigenvalue weighted by atomic mass is 16.7. The summed E-state index contributed by atoms with van der Waals surface area (Å²) in [5, 5.41) is 2.05. The van der Waals surface area contributed by atoms with Crippen molar-refractivity contribution in [3.05, 3.63) is 4.91 Å². The summed E-state index contributed by atoms with van der Waals surface area (Å²) in [6.45, 7) is 2.13. The number of nitrogens with zero attached hydrogens (tertiary/aromatic N) is 1. The van der Waals surface area contributed by atoms with E-state index in [1.54, 1.807) is 0 Å². The lowest BCUT2D eigenvalue weighted by Crippen LogP contribution is -1.98. The molecule has 0 radical (unpaired) electrons. The number of rotatable bonds is 7. The molecule has 0 aliphatic rings. The smallest absolute Gasteiger partial charge is 0.285 e. The number of unbranched alkanes of at least 4 members (excludes halogenated alkanes) is 4. The van der Waals surface area contributed by atoms with Crippen LogP contribution in [0.3, 0.4) is 0 Å². The minimum absolute atomic E-state index is 0.301. The maximum absolute atomic E-state index is 10.6. The fraction of sp³-hybridized carbons (Fsp3) is 0.875. The molecular formula is C8H15NO3. The lowest BCUT2D eigenvalue weighted by molar-refractivity contribution is -0.144. The summed E-state index contributed by atoms with van der Waals surface area (Å²) >= 11 is 0. The van der Waals surface area contributed by atoms with Crippen LogP contribution in [0.5, 0.6) is 0 Å². The molecule has 12 heavy (non-hydrogen) atoms. The van der Waals surface area contributed by atoms with Crippen molar-refractivity contribution >= 4 is 5.97 Å². The first-order valence-electron chi connectivity index (χ1n) is 4.33. The number of hydrogen-bond acceptors (Lipinski definition) is 4. The third-order valence-corrected chi connectivity index (χ3v) is 1.62. The molecule has 0 aliphatic heterocycles. The lowest BCUT2D eigenvalue weighted by atomic mass is 10.1. The van der Waals surface area contributed by atoms with Gasteiger partial charge in [0.25, 0.3) is 0 Å². The Morgan fingerprint density at radius 2 is 1.92 bits per heavy atom. The van der Waals surface area contributed by atoms with Crippen LogP contribution < -0.4 is 0 Å². The molecule has 0 heterocycles. The molecule has 0 atom stereocenters. The Labute approximate surface area is 72.2 Å². The molecule has 4 heteroatoms. The predicted molar refractivity (Wildman–Crippen MR) is 45.3 cm³/mol. The third kappa shape index (κ3) is 7.18. The molecule has 0 spiro atoms. The Morgan fingerprint density at radius 3 is 2.50 bits per heavy atom. The van der Waals surface area contributed by atoms with E-state index in [2.05, 4.69) is 17.1 Å². The first kappa shape index (κ1) is 11.1. The molecule has 0 bridgehead atoms. The second kappa shape index (κ2) is 8.17. The number of carbonyl (C=O) groups is 1. The molecule has 0 aromatic heterocycles. The fourth-order valence-corrected chi connectivity index (χ4v) is 0.960. The molecule has 0 aromatic carbocycles. The average molecular weight is 173 g/mol. The monoisotopic (exact) mass is 173 g/mol. The largest absolute Gasteiger partial charge is 0.338 e. The highest BCUT2D eigenvalue weighted by Gasteiger charge is 2.01. The second-order valence-electron chi connectivity index (χ2n) is 2.70. The zero-order chi connectivity index (χ0) is 9.23. The van der Waals surface area contributed by atoms with Gasteiger partial charge in [-0.15, -0.1) is 4.91 Å². The van der Waals surface area contributed by atoms with E-state index in [-0.39, 0.29) is 0 Å². The third-order valence-electron chi connectivity index (χ3n) is 1.62. The van der Waals surface area contributed by atoms with Crippen molar-refractivity contribution in [2.75, 3.05) is 0 Å². The van der Waals surface area contributed by atoms with E-state index in [4.69, 9.17) is 0 Å². The minimum Gasteiger partial charge on any atom is -0.285 e. The molecule has 0 N–H and O–H groups in total. The molecule has 0 aromatic rings. The summed E-state index contributed by atoms with van der Waals surface area (Å²) < 4.78 is 0. The maximum Gasteiger partial charge on any atom is 0.338 e. The summed E-state index contributed by atoms with van der Waals surface area (Å²) in [5.74, 6) is -0.526. The van der Waals surface area contributed by atoms with Gasteiger partial charge in [-0.2, -0.15) is 0 Å². The van der Waals surface area contributed by atoms with Gasteiger partial charge in [0.1, 0.15) is 0 Å². The highest BCUT2D eigenvalue weighted by Crippen LogP contribution is 2.05. The maximum atomic E-state index is 10.6. The predicted octanol–water partition coefficient (Wildman–Crippen LogP) is 2.57. The van der Waals surface area contributed by atoms with Crippen LogP contribution in [0.2, 0.25) is 0 Å². The Balaban J connectivity index is 3.08. The van der Waals surface area contributed by atoms with Gasteiger partial charge in [0.05, 0.1) is 0 Å². The van der Waals surface area contributed by atoms with Gasteiger partial charge in [0.15, 0.2) is 5.34 Å². The van der Waals surface area contributed by atoms with Crippen LogP contribution in [-0.2, 0) is 9.63 Å². The normalized spacial score (nSPS) is 9.42. The van der Waals surface area contributed by atoms with Gasteiger partial charge < -0.3 is 0 Å². The van der Waals surface area contributed by atoms with Crippen LogP contribution >= 0.6 is 0 Å². The molecular weight excluding hydrogens is 158 g/mol. The van der Waals surface area contributed by atoms with Crippen LogP contribution in [0.25, 0.3) is 0 Å². The fourth-order valence-electron chi connectivity index (χ4n) is 0.960. The van der Waals surface area contributed by atoms with Crippen molar-refractivity contribution in [3.63, 3.8) is 0 Å². The molecule has 70 valence electrons. The molecule has 0 amide bonds. The molecule has 0 aliphatic carbocycles. The van der Waals surface area contributed by atoms with Crippen LogP contribution in [-0.4, -0.2) is 5.97 Å². The molecule has 0 rings (SSSR count). The molecule has 4 nitrogen and oxygen atoms in total. The molecule has 0 fully saturated rings. The van der Waals surface area contributed by atoms with Crippen molar-refractivity contribution < 1.29 is 9.63 Å². The van der Waals surface area contributed by atoms with Gasteiger partial charge in [0, 0.05) is 6.42 Å². The highest BCUT2D eigenvalue weighted by molar-refractivity contribution is 5.68. The van der Waals surface area contributed by atoms with Gasteiger partial charge in [-0.05, 0) is 6.42 Å². The second-order valence-corrected chi connectivity index (χ2v) is 2.70. The van der Waals surface area contributed by atoms with Crippen molar-refractivity contribution in [2.45, 2.75) is 45.4 Å². The summed E-state index contributed by atoms with van der Waals surface area (Å²) in [4.78, 5) is 23.9. The molecule has 0 unspecified atom stereocenters. The SMILES string of the molecule is CCCCCCCC(=O)ON=O. The van der Waals surface area contributed by atoms with Crippen molar-refractivity contribution in [1.29, 1.82) is 0 Å². The van der Waals surface area contributed by atoms with E-state index in [0.717, 1.165) is 19.3 Å². The Morgan fingerprint density at radius 1 is 1.25 bits per heavy atom. The molecule has 0 saturated heterocycles. The van der Waals surface area contributed by atoms with Crippen molar-refractivity contribution in [2.24, 2.45) is 5.34 Å². The van der Waals surface area contributed by atoms with E-state index >= 15 is 0 Å². The average Bonchev–Trinajstić information content (AvgIpc) is 2.05. The lowest BCUT2D eigenvalue weighted by Gasteiger charge is -1.96. The topological polar surface area (TPSA) is 55.7 Å². The first-order chi connectivity index (χ1) is 5.81. The van der Waals surface area contributed by atoms with E-state index in [1.807, 2.05) is 0 Å². The first-order valence-corrected chi connectivity index (χ1v) is 4.33. The van der Waals surface area contributed by atoms with E-state index in [0.29, 0.717) is 6.42 Å². The quantitative estimate of drug-likeness (QED) is 0.337. The van der Waals surface area contributed by atoms with Gasteiger partial charge in [-0.3, -0.25) is 4.84 Å². The summed E-state index contributed by atoms with van der Waals surface area (Å²) in [5.41, 5.74) is 0. The van der Waals surface area contributed by atoms with Crippen LogP contribution in [0.15, 0.2) is 5.34 Å². The summed E-state index contributed by atoms with van der Waals surface area (Å²) in [6, 6.07) is 0. The van der Waals surface area contributed by atoms with Crippen molar-refractivity contribution in [3.8, 4) is 0 Å². The number of hydrogen-bond donors (Lipinski definition) is 0. The van der Waals surface area contributed by atoms with Gasteiger partial charge >= 0.3 is 5.97 Å². The van der Waals surface area contributed by atoms with Gasteiger partial charge in [-0.1, -0.05) is 32.6 Å². The van der Waals surface area contributed by atoms with E-state index < -0.39 is 5.97 Å². The minimum atomic E-state index is -0.526. The summed E-state index contributed by atoms with van der Waals surface area (Å²) in [6.07, 6.45) is 5.62. The Hall–Kier alpha value is -0.930. The van der Waals surface area contributed by atoms with E-state index in [9.17, 15) is 9.70 Å². The Kier molecular flexibility index (Phi) is 7.54. The standard InChI is InChI=1S/C8H15NO3/c1-2-3-4-5-6-7-8(10)12-9-11/h2-7H2,1H3. The van der Waals surface area contributed by atoms with Crippen LogP contribution in [0.4, 0.5) is 0 Å². The number of carbonyl (C=O) groups excluding carboxylic acids is 1. The van der Waals surface area contributed by atoms with Crippen LogP contribution in [0.1, 0.15) is 45.4 Å².